The Labute approximate surface area is 160 Å². The third kappa shape index (κ3) is 4.52. The highest BCUT2D eigenvalue weighted by Gasteiger charge is 2.43. The van der Waals surface area contributed by atoms with E-state index in [4.69, 9.17) is 0 Å². The van der Waals surface area contributed by atoms with Gasteiger partial charge in [-0.1, -0.05) is 30.3 Å². The van der Waals surface area contributed by atoms with Gasteiger partial charge in [-0.3, -0.25) is 9.78 Å². The lowest BCUT2D eigenvalue weighted by Crippen LogP contribution is -2.58. The lowest BCUT2D eigenvalue weighted by Gasteiger charge is -2.30. The average Bonchev–Trinajstić information content (AvgIpc) is 3.16. The summed E-state index contributed by atoms with van der Waals surface area (Å²) in [5.41, 5.74) is 1.64. The van der Waals surface area contributed by atoms with Gasteiger partial charge in [-0.2, -0.15) is 0 Å². The fourth-order valence-electron chi connectivity index (χ4n) is 3.27. The van der Waals surface area contributed by atoms with Crippen LogP contribution >= 0.6 is 0 Å². The maximum Gasteiger partial charge on any atom is 0.318 e. The number of nitrogens with one attached hydrogen (secondary N) is 2. The molecule has 1 saturated heterocycles. The van der Waals surface area contributed by atoms with Crippen molar-refractivity contribution in [2.75, 3.05) is 26.7 Å². The molecule has 2 N–H and O–H groups in total. The van der Waals surface area contributed by atoms with Crippen molar-refractivity contribution in [2.24, 2.45) is 0 Å². The van der Waals surface area contributed by atoms with E-state index in [2.05, 4.69) is 15.6 Å². The molecule has 27 heavy (non-hydrogen) atoms. The van der Waals surface area contributed by atoms with Crippen molar-refractivity contribution in [3.05, 3.63) is 65.5 Å². The van der Waals surface area contributed by atoms with Crippen molar-refractivity contribution in [1.29, 1.82) is 0 Å². The highest BCUT2D eigenvalue weighted by molar-refractivity contribution is 6.05. The Balaban J connectivity index is 1.67. The lowest BCUT2D eigenvalue weighted by molar-refractivity contribution is 0.0865. The van der Waals surface area contributed by atoms with E-state index in [0.717, 1.165) is 12.1 Å². The Bertz CT molecular complexity index is 784. The van der Waals surface area contributed by atoms with Crippen molar-refractivity contribution in [3.8, 4) is 0 Å². The monoisotopic (exact) mass is 366 g/mol. The molecule has 3 rings (SSSR count). The summed E-state index contributed by atoms with van der Waals surface area (Å²) in [5, 5.41) is 6.19. The normalized spacial score (nSPS) is 18.9. The number of likely N-dealkylation sites (N-methyl/N-ethyl adjacent to an activating group) is 1. The summed E-state index contributed by atoms with van der Waals surface area (Å²) in [6, 6.07) is 13.4. The average molecular weight is 366 g/mol. The van der Waals surface area contributed by atoms with E-state index in [0.29, 0.717) is 31.6 Å². The molecular formula is C21H26N4O2. The van der Waals surface area contributed by atoms with Crippen LogP contribution in [-0.2, 0) is 6.42 Å². The number of nitrogens with zero attached hydrogens (tertiary/aromatic N) is 2. The smallest absolute Gasteiger partial charge is 0.318 e. The quantitative estimate of drug-likeness (QED) is 0.769. The van der Waals surface area contributed by atoms with Gasteiger partial charge < -0.3 is 15.5 Å². The van der Waals surface area contributed by atoms with Crippen LogP contribution in [0.5, 0.6) is 0 Å². The zero-order valence-electron chi connectivity index (χ0n) is 15.9. The fraction of sp³-hybridized carbons (Fsp3) is 0.381. The van der Waals surface area contributed by atoms with Gasteiger partial charge in [-0.25, -0.2) is 4.79 Å². The third-order valence-corrected chi connectivity index (χ3v) is 5.04. The number of aryl methyl sites for hydroxylation is 1. The molecule has 1 aliphatic rings. The molecule has 1 fully saturated rings. The number of hydrogen-bond donors (Lipinski definition) is 2. The van der Waals surface area contributed by atoms with E-state index in [1.54, 1.807) is 24.2 Å². The number of pyridine rings is 1. The second-order valence-electron chi connectivity index (χ2n) is 7.11. The summed E-state index contributed by atoms with van der Waals surface area (Å²) in [4.78, 5) is 31.7. The first-order valence-corrected chi connectivity index (χ1v) is 9.25. The molecule has 2 heterocycles. The van der Waals surface area contributed by atoms with Gasteiger partial charge >= 0.3 is 6.03 Å². The molecule has 0 spiro atoms. The molecule has 0 aliphatic carbocycles. The van der Waals surface area contributed by atoms with E-state index in [9.17, 15) is 9.59 Å². The summed E-state index contributed by atoms with van der Waals surface area (Å²) in [5.74, 6) is -0.0928. The topological polar surface area (TPSA) is 74.3 Å². The minimum Gasteiger partial charge on any atom is -0.328 e. The van der Waals surface area contributed by atoms with E-state index in [1.807, 2.05) is 43.3 Å². The molecule has 1 aromatic heterocycles. The molecule has 1 aliphatic heterocycles. The zero-order chi connectivity index (χ0) is 19.3. The zero-order valence-corrected chi connectivity index (χ0v) is 15.9. The predicted octanol–water partition coefficient (Wildman–Crippen LogP) is 2.19. The number of benzene rings is 1. The summed E-state index contributed by atoms with van der Waals surface area (Å²) in [7, 11) is 1.76. The van der Waals surface area contributed by atoms with Gasteiger partial charge in [-0.15, -0.1) is 0 Å². The molecular weight excluding hydrogens is 340 g/mol. The Hall–Kier alpha value is -2.73. The van der Waals surface area contributed by atoms with Gasteiger partial charge in [0, 0.05) is 37.6 Å². The Kier molecular flexibility index (Phi) is 5.86. The minimum atomic E-state index is -0.922. The Morgan fingerprint density at radius 3 is 2.63 bits per heavy atom. The standard InChI is InChI=1S/C21H26N4O2/c1-16-8-9-18(14-23-16)19(26)21(11-12-22-15-21)24-20(27)25(2)13-10-17-6-4-3-5-7-17/h3-9,14,22H,10-13,15H2,1-2H3,(H,24,27)/t21-/m1/s1. The molecule has 2 aromatic rings. The largest absolute Gasteiger partial charge is 0.328 e. The molecule has 2 amide bonds. The summed E-state index contributed by atoms with van der Waals surface area (Å²) in [6.45, 7) is 3.58. The number of carbonyl (C=O) groups is 2. The van der Waals surface area contributed by atoms with Gasteiger partial charge in [0.2, 0.25) is 0 Å². The molecule has 142 valence electrons. The Morgan fingerprint density at radius 1 is 1.22 bits per heavy atom. The van der Waals surface area contributed by atoms with Gasteiger partial charge in [-0.05, 0) is 44.0 Å². The first-order valence-electron chi connectivity index (χ1n) is 9.25. The number of urea groups is 1. The van der Waals surface area contributed by atoms with Gasteiger partial charge in [0.25, 0.3) is 0 Å². The number of amides is 2. The van der Waals surface area contributed by atoms with E-state index >= 15 is 0 Å². The van der Waals surface area contributed by atoms with Crippen molar-refractivity contribution in [2.45, 2.75) is 25.3 Å². The molecule has 0 bridgehead atoms. The first kappa shape index (κ1) is 19.0. The minimum absolute atomic E-state index is 0.0928. The molecule has 1 atom stereocenters. The van der Waals surface area contributed by atoms with Crippen LogP contribution in [0.2, 0.25) is 0 Å². The van der Waals surface area contributed by atoms with Crippen LogP contribution < -0.4 is 10.6 Å². The molecule has 6 heteroatoms. The van der Waals surface area contributed by atoms with Crippen LogP contribution in [0, 0.1) is 6.92 Å². The van der Waals surface area contributed by atoms with Crippen molar-refractivity contribution in [1.82, 2.24) is 20.5 Å². The van der Waals surface area contributed by atoms with Crippen molar-refractivity contribution >= 4 is 11.8 Å². The van der Waals surface area contributed by atoms with E-state index in [-0.39, 0.29) is 11.8 Å². The number of hydrogen-bond acceptors (Lipinski definition) is 4. The van der Waals surface area contributed by atoms with Crippen LogP contribution in [0.3, 0.4) is 0 Å². The van der Waals surface area contributed by atoms with E-state index in [1.165, 1.54) is 5.56 Å². The molecule has 0 radical (unpaired) electrons. The van der Waals surface area contributed by atoms with Crippen molar-refractivity contribution < 1.29 is 9.59 Å². The second-order valence-corrected chi connectivity index (χ2v) is 7.11. The summed E-state index contributed by atoms with van der Waals surface area (Å²) < 4.78 is 0. The number of aromatic nitrogens is 1. The van der Waals surface area contributed by atoms with Crippen LogP contribution in [0.4, 0.5) is 4.79 Å². The lowest BCUT2D eigenvalue weighted by atomic mass is 9.89. The van der Waals surface area contributed by atoms with Gasteiger partial charge in [0.05, 0.1) is 0 Å². The predicted molar refractivity (Wildman–Crippen MR) is 105 cm³/mol. The third-order valence-electron chi connectivity index (χ3n) is 5.04. The SMILES string of the molecule is Cc1ccc(C(=O)[C@@]2(NC(=O)N(C)CCc3ccccc3)CCNC2)cn1. The summed E-state index contributed by atoms with van der Waals surface area (Å²) >= 11 is 0. The highest BCUT2D eigenvalue weighted by Crippen LogP contribution is 2.21. The van der Waals surface area contributed by atoms with Gasteiger partial charge in [0.15, 0.2) is 5.78 Å². The van der Waals surface area contributed by atoms with Crippen LogP contribution in [0.15, 0.2) is 48.7 Å². The number of Topliss-reactive ketones (excluding diaryl/α,β-unsaturated/α-hetero) is 1. The number of rotatable bonds is 6. The van der Waals surface area contributed by atoms with Gasteiger partial charge in [0.1, 0.15) is 5.54 Å². The van der Waals surface area contributed by atoms with Crippen LogP contribution in [0.25, 0.3) is 0 Å². The summed E-state index contributed by atoms with van der Waals surface area (Å²) in [6.07, 6.45) is 2.92. The van der Waals surface area contributed by atoms with E-state index < -0.39 is 5.54 Å². The number of carbonyl (C=O) groups excluding carboxylic acids is 2. The van der Waals surface area contributed by atoms with Crippen molar-refractivity contribution in [3.63, 3.8) is 0 Å². The Morgan fingerprint density at radius 2 is 2.00 bits per heavy atom. The molecule has 0 unspecified atom stereocenters. The first-order chi connectivity index (χ1) is 13.0. The molecule has 1 aromatic carbocycles. The molecule has 6 nitrogen and oxygen atoms in total. The highest BCUT2D eigenvalue weighted by atomic mass is 16.2. The fourth-order valence-corrected chi connectivity index (χ4v) is 3.27. The second kappa shape index (κ2) is 8.31. The maximum atomic E-state index is 13.1. The maximum absolute atomic E-state index is 13.1. The van der Waals surface area contributed by atoms with Crippen LogP contribution in [0.1, 0.15) is 28.0 Å². The molecule has 0 saturated carbocycles. The number of ketones is 1. The van der Waals surface area contributed by atoms with Crippen LogP contribution in [-0.4, -0.2) is 53.9 Å².